The van der Waals surface area contributed by atoms with E-state index in [1.807, 2.05) is 36.7 Å². The highest BCUT2D eigenvalue weighted by Crippen LogP contribution is 2.39. The molecular formula is C13H17N3O2. The van der Waals surface area contributed by atoms with E-state index in [0.717, 1.165) is 11.4 Å². The highest BCUT2D eigenvalue weighted by molar-refractivity contribution is 5.78. The molecule has 5 nitrogen and oxygen atoms in total. The zero-order chi connectivity index (χ0) is 13.3. The molecule has 0 aliphatic carbocycles. The summed E-state index contributed by atoms with van der Waals surface area (Å²) in [6.07, 6.45) is 0. The summed E-state index contributed by atoms with van der Waals surface area (Å²) in [6, 6.07) is 5.65. The summed E-state index contributed by atoms with van der Waals surface area (Å²) in [6.45, 7) is 1.91. The number of rotatable bonds is 3. The van der Waals surface area contributed by atoms with Crippen molar-refractivity contribution in [3.05, 3.63) is 24.0 Å². The molecule has 0 atom stereocenters. The average Bonchev–Trinajstić information content (AvgIpc) is 2.65. The third kappa shape index (κ3) is 1.77. The molecule has 96 valence electrons. The van der Waals surface area contributed by atoms with Gasteiger partial charge < -0.3 is 19.8 Å². The van der Waals surface area contributed by atoms with Crippen molar-refractivity contribution in [1.29, 1.82) is 0 Å². The van der Waals surface area contributed by atoms with Gasteiger partial charge in [-0.3, -0.25) is 0 Å². The van der Waals surface area contributed by atoms with Gasteiger partial charge in [-0.15, -0.1) is 0 Å². The van der Waals surface area contributed by atoms with Crippen molar-refractivity contribution in [2.24, 2.45) is 7.05 Å². The van der Waals surface area contributed by atoms with Crippen molar-refractivity contribution in [3.8, 4) is 22.8 Å². The van der Waals surface area contributed by atoms with E-state index in [2.05, 4.69) is 4.98 Å². The quantitative estimate of drug-likeness (QED) is 0.901. The zero-order valence-electron chi connectivity index (χ0n) is 11.0. The molecular weight excluding hydrogens is 230 g/mol. The van der Waals surface area contributed by atoms with E-state index in [4.69, 9.17) is 15.2 Å². The Labute approximate surface area is 106 Å². The largest absolute Gasteiger partial charge is 0.493 e. The van der Waals surface area contributed by atoms with Crippen LogP contribution in [0.3, 0.4) is 0 Å². The van der Waals surface area contributed by atoms with Crippen LogP contribution in [0.25, 0.3) is 11.3 Å². The molecule has 0 bridgehead atoms. The van der Waals surface area contributed by atoms with Crippen LogP contribution in [0.1, 0.15) is 5.82 Å². The van der Waals surface area contributed by atoms with Gasteiger partial charge in [-0.05, 0) is 19.1 Å². The Kier molecular flexibility index (Phi) is 3.14. The Hall–Kier alpha value is -2.17. The summed E-state index contributed by atoms with van der Waals surface area (Å²) in [4.78, 5) is 4.47. The third-order valence-corrected chi connectivity index (χ3v) is 3.02. The summed E-state index contributed by atoms with van der Waals surface area (Å²) >= 11 is 0. The van der Waals surface area contributed by atoms with Gasteiger partial charge in [-0.25, -0.2) is 4.98 Å². The fourth-order valence-corrected chi connectivity index (χ4v) is 1.90. The van der Waals surface area contributed by atoms with Gasteiger partial charge >= 0.3 is 0 Å². The van der Waals surface area contributed by atoms with Crippen LogP contribution in [-0.2, 0) is 7.05 Å². The number of anilines is 1. The Morgan fingerprint density at radius 3 is 2.44 bits per heavy atom. The number of nitrogen functional groups attached to an aromatic ring is 1. The molecule has 5 heteroatoms. The van der Waals surface area contributed by atoms with Gasteiger partial charge in [0.1, 0.15) is 17.3 Å². The maximum Gasteiger partial charge on any atom is 0.170 e. The van der Waals surface area contributed by atoms with E-state index >= 15 is 0 Å². The van der Waals surface area contributed by atoms with Gasteiger partial charge in [0, 0.05) is 12.6 Å². The van der Waals surface area contributed by atoms with Gasteiger partial charge in [-0.2, -0.15) is 0 Å². The van der Waals surface area contributed by atoms with Crippen molar-refractivity contribution in [2.75, 3.05) is 20.0 Å². The van der Waals surface area contributed by atoms with Crippen molar-refractivity contribution in [3.63, 3.8) is 0 Å². The molecule has 2 N–H and O–H groups in total. The lowest BCUT2D eigenvalue weighted by Crippen LogP contribution is -1.99. The molecule has 0 unspecified atom stereocenters. The number of aryl methyl sites for hydroxylation is 1. The molecule has 1 aromatic carbocycles. The first-order valence-corrected chi connectivity index (χ1v) is 5.60. The van der Waals surface area contributed by atoms with E-state index in [0.29, 0.717) is 23.0 Å². The average molecular weight is 247 g/mol. The van der Waals surface area contributed by atoms with Crippen molar-refractivity contribution < 1.29 is 9.47 Å². The first kappa shape index (κ1) is 12.3. The minimum absolute atomic E-state index is 0.610. The number of aromatic nitrogens is 2. The number of para-hydroxylation sites is 1. The Morgan fingerprint density at radius 1 is 1.22 bits per heavy atom. The van der Waals surface area contributed by atoms with E-state index in [1.165, 1.54) is 0 Å². The second-order valence-electron chi connectivity index (χ2n) is 3.99. The SMILES string of the molecule is COc1cccc(-c2nc(C)n(C)c2N)c1OC. The van der Waals surface area contributed by atoms with Crippen LogP contribution in [0.15, 0.2) is 18.2 Å². The van der Waals surface area contributed by atoms with Crippen LogP contribution in [0.4, 0.5) is 5.82 Å². The molecule has 0 amide bonds. The number of ether oxygens (including phenoxy) is 2. The number of imidazole rings is 1. The Balaban J connectivity index is 2.67. The van der Waals surface area contributed by atoms with Crippen molar-refractivity contribution in [1.82, 2.24) is 9.55 Å². The van der Waals surface area contributed by atoms with Crippen molar-refractivity contribution in [2.45, 2.75) is 6.92 Å². The molecule has 18 heavy (non-hydrogen) atoms. The monoisotopic (exact) mass is 247 g/mol. The van der Waals surface area contributed by atoms with Crippen molar-refractivity contribution >= 4 is 5.82 Å². The fourth-order valence-electron chi connectivity index (χ4n) is 1.90. The lowest BCUT2D eigenvalue weighted by molar-refractivity contribution is 0.356. The summed E-state index contributed by atoms with van der Waals surface area (Å²) < 4.78 is 12.5. The molecule has 2 rings (SSSR count). The van der Waals surface area contributed by atoms with Crippen LogP contribution < -0.4 is 15.2 Å². The predicted octanol–water partition coefficient (Wildman–Crippen LogP) is 1.99. The van der Waals surface area contributed by atoms with Gasteiger partial charge in [0.2, 0.25) is 0 Å². The topological polar surface area (TPSA) is 62.3 Å². The maximum atomic E-state index is 6.05. The fraction of sp³-hybridized carbons (Fsp3) is 0.308. The molecule has 0 saturated heterocycles. The minimum atomic E-state index is 0.610. The highest BCUT2D eigenvalue weighted by Gasteiger charge is 2.17. The summed E-state index contributed by atoms with van der Waals surface area (Å²) in [5, 5.41) is 0. The first-order valence-electron chi connectivity index (χ1n) is 5.60. The van der Waals surface area contributed by atoms with E-state index < -0.39 is 0 Å². The standard InChI is InChI=1S/C13H17N3O2/c1-8-15-11(13(14)16(8)2)9-6-5-7-10(17-3)12(9)18-4/h5-7H,14H2,1-4H3. The van der Waals surface area contributed by atoms with E-state index in [9.17, 15) is 0 Å². The number of hydrogen-bond acceptors (Lipinski definition) is 4. The van der Waals surface area contributed by atoms with Crippen LogP contribution in [0, 0.1) is 6.92 Å². The van der Waals surface area contributed by atoms with E-state index in [1.54, 1.807) is 14.2 Å². The molecule has 0 spiro atoms. The van der Waals surface area contributed by atoms with Gasteiger partial charge in [-0.1, -0.05) is 6.07 Å². The molecule has 0 fully saturated rings. The number of nitrogens with two attached hydrogens (primary N) is 1. The normalized spacial score (nSPS) is 10.4. The second kappa shape index (κ2) is 4.60. The molecule has 1 heterocycles. The van der Waals surface area contributed by atoms with E-state index in [-0.39, 0.29) is 0 Å². The summed E-state index contributed by atoms with van der Waals surface area (Å²) in [5.74, 6) is 2.77. The zero-order valence-corrected chi connectivity index (χ0v) is 11.0. The van der Waals surface area contributed by atoms with Crippen LogP contribution in [-0.4, -0.2) is 23.8 Å². The maximum absolute atomic E-state index is 6.05. The summed E-state index contributed by atoms with van der Waals surface area (Å²) in [5.41, 5.74) is 7.60. The van der Waals surface area contributed by atoms with Gasteiger partial charge in [0.15, 0.2) is 11.5 Å². The molecule has 1 aromatic heterocycles. The summed E-state index contributed by atoms with van der Waals surface area (Å²) in [7, 11) is 5.09. The van der Waals surface area contributed by atoms with Crippen LogP contribution in [0.2, 0.25) is 0 Å². The smallest absolute Gasteiger partial charge is 0.170 e. The Morgan fingerprint density at radius 2 is 1.94 bits per heavy atom. The number of hydrogen-bond donors (Lipinski definition) is 1. The lowest BCUT2D eigenvalue weighted by Gasteiger charge is -2.11. The molecule has 2 aromatic rings. The van der Waals surface area contributed by atoms with Gasteiger partial charge in [0.05, 0.1) is 14.2 Å². The molecule has 0 aliphatic heterocycles. The highest BCUT2D eigenvalue weighted by atomic mass is 16.5. The minimum Gasteiger partial charge on any atom is -0.493 e. The van der Waals surface area contributed by atoms with Gasteiger partial charge in [0.25, 0.3) is 0 Å². The second-order valence-corrected chi connectivity index (χ2v) is 3.99. The molecule has 0 radical (unpaired) electrons. The number of nitrogens with zero attached hydrogens (tertiary/aromatic N) is 2. The van der Waals surface area contributed by atoms with Crippen LogP contribution >= 0.6 is 0 Å². The van der Waals surface area contributed by atoms with Crippen LogP contribution in [0.5, 0.6) is 11.5 Å². The molecule has 0 aliphatic rings. The third-order valence-electron chi connectivity index (χ3n) is 3.02. The Bertz CT molecular complexity index is 576. The molecule has 0 saturated carbocycles. The predicted molar refractivity (Wildman–Crippen MR) is 70.9 cm³/mol. The number of methoxy groups -OCH3 is 2. The first-order chi connectivity index (χ1) is 8.60. The number of benzene rings is 1. The lowest BCUT2D eigenvalue weighted by atomic mass is 10.1.